The van der Waals surface area contributed by atoms with Crippen molar-refractivity contribution < 1.29 is 9.90 Å². The van der Waals surface area contributed by atoms with E-state index in [4.69, 9.17) is 5.26 Å². The predicted octanol–water partition coefficient (Wildman–Crippen LogP) is 1.59. The van der Waals surface area contributed by atoms with Gasteiger partial charge in [-0.15, -0.1) is 0 Å². The summed E-state index contributed by atoms with van der Waals surface area (Å²) in [6.45, 7) is 4.42. The molecule has 1 aromatic carbocycles. The first-order chi connectivity index (χ1) is 10.1. The van der Waals surface area contributed by atoms with Gasteiger partial charge in [-0.25, -0.2) is 0 Å². The smallest absolute Gasteiger partial charge is 0.225 e. The summed E-state index contributed by atoms with van der Waals surface area (Å²) in [5.41, 5.74) is 1.29. The Balaban J connectivity index is 1.76. The summed E-state index contributed by atoms with van der Waals surface area (Å²) < 4.78 is 0. The molecule has 112 valence electrons. The van der Waals surface area contributed by atoms with Gasteiger partial charge in [-0.1, -0.05) is 6.92 Å². The summed E-state index contributed by atoms with van der Waals surface area (Å²) in [5, 5.41) is 21.2. The Morgan fingerprint density at radius 3 is 2.81 bits per heavy atom. The Morgan fingerprint density at radius 1 is 1.48 bits per heavy atom. The maximum Gasteiger partial charge on any atom is 0.225 e. The van der Waals surface area contributed by atoms with Crippen molar-refractivity contribution in [2.45, 2.75) is 25.9 Å². The molecule has 2 rings (SSSR count). The van der Waals surface area contributed by atoms with Crippen molar-refractivity contribution in [2.75, 3.05) is 25.0 Å². The zero-order chi connectivity index (χ0) is 15.2. The molecular weight excluding hydrogens is 266 g/mol. The Hall–Kier alpha value is -1.90. The van der Waals surface area contributed by atoms with Crippen LogP contribution in [0.15, 0.2) is 24.3 Å². The number of piperidine rings is 1. The molecule has 5 nitrogen and oxygen atoms in total. The van der Waals surface area contributed by atoms with Crippen LogP contribution in [0.1, 0.15) is 25.3 Å². The minimum atomic E-state index is -0.214. The molecule has 2 unspecified atom stereocenters. The zero-order valence-electron chi connectivity index (χ0n) is 12.2. The van der Waals surface area contributed by atoms with E-state index in [9.17, 15) is 9.90 Å². The van der Waals surface area contributed by atoms with Crippen LogP contribution in [-0.2, 0) is 4.79 Å². The highest BCUT2D eigenvalue weighted by Gasteiger charge is 2.24. The number of carbonyl (C=O) groups is 1. The lowest BCUT2D eigenvalue weighted by Crippen LogP contribution is -2.42. The fraction of sp³-hybridized carbons (Fsp3) is 0.500. The van der Waals surface area contributed by atoms with Crippen molar-refractivity contribution in [1.82, 2.24) is 4.90 Å². The number of hydrogen-bond acceptors (Lipinski definition) is 4. The van der Waals surface area contributed by atoms with E-state index in [1.54, 1.807) is 24.3 Å². The third kappa shape index (κ3) is 4.55. The monoisotopic (exact) mass is 287 g/mol. The summed E-state index contributed by atoms with van der Waals surface area (Å²) in [5.74, 6) is 0.235. The second-order valence-electron chi connectivity index (χ2n) is 5.62. The van der Waals surface area contributed by atoms with E-state index in [-0.39, 0.29) is 17.9 Å². The van der Waals surface area contributed by atoms with Gasteiger partial charge in [0.2, 0.25) is 5.91 Å². The first kappa shape index (κ1) is 15.5. The number of rotatable bonds is 4. The molecule has 21 heavy (non-hydrogen) atoms. The molecule has 0 bridgehead atoms. The van der Waals surface area contributed by atoms with Crippen LogP contribution in [0.2, 0.25) is 0 Å². The minimum Gasteiger partial charge on any atom is -0.393 e. The molecule has 1 aromatic rings. The van der Waals surface area contributed by atoms with Crippen LogP contribution in [-0.4, -0.2) is 41.7 Å². The lowest BCUT2D eigenvalue weighted by molar-refractivity contribution is -0.116. The van der Waals surface area contributed by atoms with E-state index in [0.29, 0.717) is 24.2 Å². The van der Waals surface area contributed by atoms with Crippen molar-refractivity contribution >= 4 is 11.6 Å². The molecule has 2 N–H and O–H groups in total. The van der Waals surface area contributed by atoms with Crippen molar-refractivity contribution in [3.63, 3.8) is 0 Å². The van der Waals surface area contributed by atoms with E-state index in [1.165, 1.54) is 0 Å². The van der Waals surface area contributed by atoms with Crippen molar-refractivity contribution in [3.8, 4) is 6.07 Å². The first-order valence-corrected chi connectivity index (χ1v) is 7.29. The van der Waals surface area contributed by atoms with E-state index in [2.05, 4.69) is 10.2 Å². The molecule has 0 aromatic heterocycles. The molecule has 1 heterocycles. The fourth-order valence-electron chi connectivity index (χ4n) is 2.53. The van der Waals surface area contributed by atoms with Crippen LogP contribution in [0.5, 0.6) is 0 Å². The molecule has 1 saturated heterocycles. The molecular formula is C16H21N3O2. The van der Waals surface area contributed by atoms with Crippen molar-refractivity contribution in [3.05, 3.63) is 29.8 Å². The van der Waals surface area contributed by atoms with E-state index in [1.807, 2.05) is 13.0 Å². The number of aliphatic hydroxyl groups excluding tert-OH is 1. The first-order valence-electron chi connectivity index (χ1n) is 7.29. The Labute approximate surface area is 125 Å². The molecule has 1 fully saturated rings. The topological polar surface area (TPSA) is 76.4 Å². The maximum atomic E-state index is 11.9. The fourth-order valence-corrected chi connectivity index (χ4v) is 2.53. The summed E-state index contributed by atoms with van der Waals surface area (Å²) in [6.07, 6.45) is 0.995. The Kier molecular flexibility index (Phi) is 5.32. The average molecular weight is 287 g/mol. The molecule has 1 aliphatic heterocycles. The number of nitrogens with zero attached hydrogens (tertiary/aromatic N) is 2. The number of benzene rings is 1. The summed E-state index contributed by atoms with van der Waals surface area (Å²) in [6, 6.07) is 8.88. The number of anilines is 1. The van der Waals surface area contributed by atoms with Crippen LogP contribution in [0.4, 0.5) is 5.69 Å². The standard InChI is InChI=1S/C16H21N3O2/c1-12-11-19(8-6-15(12)20)9-7-16(21)18-14-4-2-13(10-17)3-5-14/h2-5,12,15,20H,6-9,11H2,1H3,(H,18,21). The third-order valence-corrected chi connectivity index (χ3v) is 3.90. The number of nitriles is 1. The highest BCUT2D eigenvalue weighted by molar-refractivity contribution is 5.90. The van der Waals surface area contributed by atoms with E-state index in [0.717, 1.165) is 19.5 Å². The summed E-state index contributed by atoms with van der Waals surface area (Å²) in [4.78, 5) is 14.1. The van der Waals surface area contributed by atoms with Gasteiger partial charge in [0.1, 0.15) is 0 Å². The number of carbonyl (C=O) groups excluding carboxylic acids is 1. The number of likely N-dealkylation sites (tertiary alicyclic amines) is 1. The lowest BCUT2D eigenvalue weighted by atomic mass is 9.97. The van der Waals surface area contributed by atoms with Crippen LogP contribution < -0.4 is 5.32 Å². The molecule has 0 spiro atoms. The normalized spacial score (nSPS) is 22.5. The van der Waals surface area contributed by atoms with Crippen molar-refractivity contribution in [2.24, 2.45) is 5.92 Å². The van der Waals surface area contributed by atoms with E-state index >= 15 is 0 Å². The number of aliphatic hydroxyl groups is 1. The molecule has 1 amide bonds. The molecule has 0 saturated carbocycles. The van der Waals surface area contributed by atoms with Gasteiger partial charge in [0.15, 0.2) is 0 Å². The molecule has 0 radical (unpaired) electrons. The quantitative estimate of drug-likeness (QED) is 0.881. The highest BCUT2D eigenvalue weighted by Crippen LogP contribution is 2.16. The third-order valence-electron chi connectivity index (χ3n) is 3.90. The molecule has 1 aliphatic rings. The van der Waals surface area contributed by atoms with Gasteiger partial charge in [-0.05, 0) is 36.6 Å². The van der Waals surface area contributed by atoms with Gasteiger partial charge in [-0.2, -0.15) is 5.26 Å². The minimum absolute atomic E-state index is 0.0292. The largest absolute Gasteiger partial charge is 0.393 e. The molecule has 2 atom stereocenters. The van der Waals surface area contributed by atoms with Crippen LogP contribution in [0.25, 0.3) is 0 Å². The number of hydrogen-bond donors (Lipinski definition) is 2. The van der Waals surface area contributed by atoms with E-state index < -0.39 is 0 Å². The maximum absolute atomic E-state index is 11.9. The average Bonchev–Trinajstić information content (AvgIpc) is 2.49. The lowest BCUT2D eigenvalue weighted by Gasteiger charge is -2.34. The van der Waals surface area contributed by atoms with Crippen LogP contribution in [0.3, 0.4) is 0 Å². The van der Waals surface area contributed by atoms with Crippen LogP contribution >= 0.6 is 0 Å². The van der Waals surface area contributed by atoms with Crippen LogP contribution in [0, 0.1) is 17.2 Å². The van der Waals surface area contributed by atoms with Gasteiger partial charge < -0.3 is 15.3 Å². The second kappa shape index (κ2) is 7.21. The predicted molar refractivity (Wildman–Crippen MR) is 80.6 cm³/mol. The number of nitrogens with one attached hydrogen (secondary N) is 1. The molecule has 0 aliphatic carbocycles. The van der Waals surface area contributed by atoms with Gasteiger partial charge in [0, 0.05) is 31.7 Å². The van der Waals surface area contributed by atoms with Crippen molar-refractivity contribution in [1.29, 1.82) is 5.26 Å². The number of amides is 1. The van der Waals surface area contributed by atoms with Gasteiger partial charge >= 0.3 is 0 Å². The Bertz CT molecular complexity index is 521. The molecule has 5 heteroatoms. The van der Waals surface area contributed by atoms with Gasteiger partial charge in [0.05, 0.1) is 17.7 Å². The van der Waals surface area contributed by atoms with Gasteiger partial charge in [-0.3, -0.25) is 4.79 Å². The summed E-state index contributed by atoms with van der Waals surface area (Å²) >= 11 is 0. The SMILES string of the molecule is CC1CN(CCC(=O)Nc2ccc(C#N)cc2)CCC1O. The Morgan fingerprint density at radius 2 is 2.19 bits per heavy atom. The zero-order valence-corrected chi connectivity index (χ0v) is 12.2. The van der Waals surface area contributed by atoms with Gasteiger partial charge in [0.25, 0.3) is 0 Å². The second-order valence-corrected chi connectivity index (χ2v) is 5.62. The summed E-state index contributed by atoms with van der Waals surface area (Å²) in [7, 11) is 0. The highest BCUT2D eigenvalue weighted by atomic mass is 16.3.